The molecule has 78 valence electrons. The summed E-state index contributed by atoms with van der Waals surface area (Å²) >= 11 is 2.10. The van der Waals surface area contributed by atoms with E-state index in [0.29, 0.717) is 12.2 Å². The summed E-state index contributed by atoms with van der Waals surface area (Å²) in [6.07, 6.45) is 0. The fourth-order valence-electron chi connectivity index (χ4n) is 1.80. The third kappa shape index (κ3) is 1.52. The van der Waals surface area contributed by atoms with Gasteiger partial charge in [-0.05, 0) is 35.6 Å². The van der Waals surface area contributed by atoms with Crippen LogP contribution in [0, 0.1) is 3.57 Å². The molecule has 0 spiro atoms. The van der Waals surface area contributed by atoms with Gasteiger partial charge >= 0.3 is 5.97 Å². The van der Waals surface area contributed by atoms with Crippen LogP contribution >= 0.6 is 22.6 Å². The summed E-state index contributed by atoms with van der Waals surface area (Å²) in [7, 11) is 0. The third-order valence-corrected chi connectivity index (χ3v) is 3.52. The molecule has 0 atom stereocenters. The molecular formula is C11H10INO2. The monoisotopic (exact) mass is 315 g/mol. The van der Waals surface area contributed by atoms with E-state index in [1.54, 1.807) is 0 Å². The Hall–Kier alpha value is -1.04. The SMILES string of the molecule is CCn1c(C(=O)O)c(I)c2ccccc21. The lowest BCUT2D eigenvalue weighted by atomic mass is 10.2. The van der Waals surface area contributed by atoms with Crippen molar-refractivity contribution in [1.82, 2.24) is 4.57 Å². The van der Waals surface area contributed by atoms with Gasteiger partial charge in [-0.15, -0.1) is 0 Å². The quantitative estimate of drug-likeness (QED) is 0.866. The number of hydrogen-bond donors (Lipinski definition) is 1. The number of rotatable bonds is 2. The molecule has 0 aliphatic heterocycles. The lowest BCUT2D eigenvalue weighted by Gasteiger charge is -2.03. The highest BCUT2D eigenvalue weighted by molar-refractivity contribution is 14.1. The van der Waals surface area contributed by atoms with E-state index in [1.165, 1.54) is 0 Å². The average molecular weight is 315 g/mol. The van der Waals surface area contributed by atoms with E-state index in [2.05, 4.69) is 22.6 Å². The number of carboxylic acids is 1. The van der Waals surface area contributed by atoms with E-state index in [9.17, 15) is 4.79 Å². The lowest BCUT2D eigenvalue weighted by Crippen LogP contribution is -2.08. The van der Waals surface area contributed by atoms with Crippen LogP contribution in [0.3, 0.4) is 0 Å². The predicted molar refractivity (Wildman–Crippen MR) is 67.3 cm³/mol. The summed E-state index contributed by atoms with van der Waals surface area (Å²) < 4.78 is 2.65. The van der Waals surface area contributed by atoms with Crippen LogP contribution in [-0.2, 0) is 6.54 Å². The molecule has 2 rings (SSSR count). The Morgan fingerprint density at radius 1 is 1.47 bits per heavy atom. The summed E-state index contributed by atoms with van der Waals surface area (Å²) in [5.41, 5.74) is 1.38. The van der Waals surface area contributed by atoms with Crippen LogP contribution in [0.1, 0.15) is 17.4 Å². The maximum atomic E-state index is 11.1. The van der Waals surface area contributed by atoms with Crippen molar-refractivity contribution in [3.8, 4) is 0 Å². The van der Waals surface area contributed by atoms with Gasteiger partial charge in [-0.3, -0.25) is 0 Å². The average Bonchev–Trinajstić information content (AvgIpc) is 2.52. The Kier molecular flexibility index (Phi) is 2.68. The van der Waals surface area contributed by atoms with Crippen molar-refractivity contribution in [1.29, 1.82) is 0 Å². The van der Waals surface area contributed by atoms with Gasteiger partial charge in [0, 0.05) is 17.4 Å². The van der Waals surface area contributed by atoms with Gasteiger partial charge in [0.1, 0.15) is 5.69 Å². The van der Waals surface area contributed by atoms with Crippen LogP contribution in [-0.4, -0.2) is 15.6 Å². The predicted octanol–water partition coefficient (Wildman–Crippen LogP) is 2.96. The molecule has 0 amide bonds. The largest absolute Gasteiger partial charge is 0.477 e. The molecule has 3 nitrogen and oxygen atoms in total. The number of fused-ring (bicyclic) bond motifs is 1. The van der Waals surface area contributed by atoms with Crippen LogP contribution in [0.25, 0.3) is 10.9 Å². The van der Waals surface area contributed by atoms with E-state index in [4.69, 9.17) is 5.11 Å². The van der Waals surface area contributed by atoms with Crippen molar-refractivity contribution in [3.63, 3.8) is 0 Å². The van der Waals surface area contributed by atoms with Crippen molar-refractivity contribution >= 4 is 39.5 Å². The van der Waals surface area contributed by atoms with Gasteiger partial charge in [0.25, 0.3) is 0 Å². The number of aromatic nitrogens is 1. The number of hydrogen-bond acceptors (Lipinski definition) is 1. The van der Waals surface area contributed by atoms with Crippen molar-refractivity contribution in [2.24, 2.45) is 0 Å². The maximum Gasteiger partial charge on any atom is 0.353 e. The van der Waals surface area contributed by atoms with Crippen molar-refractivity contribution < 1.29 is 9.90 Å². The van der Waals surface area contributed by atoms with Gasteiger partial charge in [-0.2, -0.15) is 0 Å². The topological polar surface area (TPSA) is 42.2 Å². The first kappa shape index (κ1) is 10.5. The smallest absolute Gasteiger partial charge is 0.353 e. The molecule has 4 heteroatoms. The van der Waals surface area contributed by atoms with Crippen molar-refractivity contribution in [2.45, 2.75) is 13.5 Å². The van der Waals surface area contributed by atoms with Crippen LogP contribution in [0.15, 0.2) is 24.3 Å². The molecule has 0 unspecified atom stereocenters. The van der Waals surface area contributed by atoms with Gasteiger partial charge in [0.05, 0.1) is 3.57 Å². The summed E-state index contributed by atoms with van der Waals surface area (Å²) in [5.74, 6) is -0.863. The van der Waals surface area contributed by atoms with Crippen LogP contribution < -0.4 is 0 Å². The Labute approximate surface area is 101 Å². The normalized spacial score (nSPS) is 10.8. The van der Waals surface area contributed by atoms with Crippen LogP contribution in [0.5, 0.6) is 0 Å². The molecule has 1 heterocycles. The summed E-state index contributed by atoms with van der Waals surface area (Å²) in [5, 5.41) is 10.2. The van der Waals surface area contributed by atoms with E-state index in [-0.39, 0.29) is 0 Å². The molecule has 0 aliphatic rings. The molecule has 0 saturated heterocycles. The minimum Gasteiger partial charge on any atom is -0.477 e. The zero-order valence-electron chi connectivity index (χ0n) is 8.20. The van der Waals surface area contributed by atoms with E-state index >= 15 is 0 Å². The maximum absolute atomic E-state index is 11.1. The van der Waals surface area contributed by atoms with E-state index in [0.717, 1.165) is 14.5 Å². The van der Waals surface area contributed by atoms with Crippen molar-refractivity contribution in [3.05, 3.63) is 33.5 Å². The van der Waals surface area contributed by atoms with E-state index < -0.39 is 5.97 Å². The van der Waals surface area contributed by atoms with Crippen LogP contribution in [0.4, 0.5) is 0 Å². The number of nitrogens with zero attached hydrogens (tertiary/aromatic N) is 1. The lowest BCUT2D eigenvalue weighted by molar-refractivity contribution is 0.0684. The van der Waals surface area contributed by atoms with Gasteiger partial charge in [0.15, 0.2) is 0 Å². The molecule has 1 aromatic heterocycles. The molecule has 15 heavy (non-hydrogen) atoms. The number of aryl methyl sites for hydroxylation is 1. The summed E-state index contributed by atoms with van der Waals surface area (Å²) in [6, 6.07) is 7.76. The molecule has 0 aliphatic carbocycles. The Morgan fingerprint density at radius 3 is 2.73 bits per heavy atom. The fraction of sp³-hybridized carbons (Fsp3) is 0.182. The zero-order chi connectivity index (χ0) is 11.0. The number of carbonyl (C=O) groups is 1. The minimum atomic E-state index is -0.863. The molecule has 0 fully saturated rings. The molecule has 1 aromatic carbocycles. The molecule has 0 saturated carbocycles. The van der Waals surface area contributed by atoms with Crippen molar-refractivity contribution in [2.75, 3.05) is 0 Å². The summed E-state index contributed by atoms with van der Waals surface area (Å²) in [6.45, 7) is 2.63. The van der Waals surface area contributed by atoms with Crippen LogP contribution in [0.2, 0.25) is 0 Å². The highest BCUT2D eigenvalue weighted by atomic mass is 127. The third-order valence-electron chi connectivity index (χ3n) is 2.43. The van der Waals surface area contributed by atoms with E-state index in [1.807, 2.05) is 35.8 Å². The fourth-order valence-corrected chi connectivity index (χ4v) is 2.78. The standard InChI is InChI=1S/C11H10INO2/c1-2-13-8-6-4-3-5-7(8)9(12)10(13)11(14)15/h3-6H,2H2,1H3,(H,14,15). The first-order chi connectivity index (χ1) is 7.16. The Morgan fingerprint density at radius 2 is 2.13 bits per heavy atom. The van der Waals surface area contributed by atoms with Gasteiger partial charge in [-0.25, -0.2) is 4.79 Å². The molecule has 0 radical (unpaired) electrons. The van der Waals surface area contributed by atoms with Gasteiger partial charge < -0.3 is 9.67 Å². The van der Waals surface area contributed by atoms with Gasteiger partial charge in [0.2, 0.25) is 0 Å². The second-order valence-electron chi connectivity index (χ2n) is 3.23. The Bertz CT molecular complexity index is 531. The molecule has 2 aromatic rings. The molecule has 0 bridgehead atoms. The second kappa shape index (κ2) is 3.84. The highest BCUT2D eigenvalue weighted by Gasteiger charge is 2.18. The highest BCUT2D eigenvalue weighted by Crippen LogP contribution is 2.27. The first-order valence-electron chi connectivity index (χ1n) is 4.66. The number of carboxylic acid groups (broad SMARTS) is 1. The second-order valence-corrected chi connectivity index (χ2v) is 4.31. The molecular weight excluding hydrogens is 305 g/mol. The zero-order valence-corrected chi connectivity index (χ0v) is 10.4. The number of para-hydroxylation sites is 1. The number of halogens is 1. The van der Waals surface area contributed by atoms with Gasteiger partial charge in [-0.1, -0.05) is 18.2 Å². The Balaban J connectivity index is 2.90. The number of benzene rings is 1. The number of aromatic carboxylic acids is 1. The molecule has 1 N–H and O–H groups in total. The first-order valence-corrected chi connectivity index (χ1v) is 5.74. The minimum absolute atomic E-state index is 0.388. The summed E-state index contributed by atoms with van der Waals surface area (Å²) in [4.78, 5) is 11.1.